The van der Waals surface area contributed by atoms with Crippen LogP contribution >= 0.6 is 0 Å². The molecule has 6 heteroatoms. The van der Waals surface area contributed by atoms with Crippen molar-refractivity contribution in [1.29, 1.82) is 0 Å². The first-order valence-corrected chi connectivity index (χ1v) is 9.21. The van der Waals surface area contributed by atoms with Crippen molar-refractivity contribution in [1.82, 2.24) is 0 Å². The third-order valence-electron chi connectivity index (χ3n) is 3.96. The van der Waals surface area contributed by atoms with E-state index < -0.39 is 11.9 Å². The van der Waals surface area contributed by atoms with Gasteiger partial charge in [0.15, 0.2) is 18.1 Å². The summed E-state index contributed by atoms with van der Waals surface area (Å²) in [5.41, 5.74) is 2.12. The molecule has 2 aromatic carbocycles. The largest absolute Gasteiger partial charge is 0.493 e. The first-order valence-electron chi connectivity index (χ1n) is 9.21. The van der Waals surface area contributed by atoms with E-state index in [1.807, 2.05) is 38.1 Å². The van der Waals surface area contributed by atoms with Gasteiger partial charge in [0, 0.05) is 5.69 Å². The summed E-state index contributed by atoms with van der Waals surface area (Å²) in [5.74, 6) is 0.367. The number of carbonyl (C=O) groups is 2. The summed E-state index contributed by atoms with van der Waals surface area (Å²) >= 11 is 0. The molecule has 0 saturated carbocycles. The molecule has 1 amide bonds. The fourth-order valence-corrected chi connectivity index (χ4v) is 2.51. The first-order chi connectivity index (χ1) is 13.3. The Kier molecular flexibility index (Phi) is 7.44. The molecule has 0 aliphatic heterocycles. The lowest BCUT2D eigenvalue weighted by Crippen LogP contribution is -2.21. The van der Waals surface area contributed by atoms with E-state index in [1.54, 1.807) is 12.1 Å². The average Bonchev–Trinajstić information content (AvgIpc) is 2.66. The lowest BCUT2D eigenvalue weighted by Gasteiger charge is -2.14. The van der Waals surface area contributed by atoms with Crippen LogP contribution in [-0.2, 0) is 9.53 Å². The van der Waals surface area contributed by atoms with Gasteiger partial charge in [-0.15, -0.1) is 0 Å². The van der Waals surface area contributed by atoms with Crippen molar-refractivity contribution in [3.05, 3.63) is 53.6 Å². The minimum atomic E-state index is -0.611. The summed E-state index contributed by atoms with van der Waals surface area (Å²) in [4.78, 5) is 24.3. The van der Waals surface area contributed by atoms with Crippen molar-refractivity contribution in [2.45, 2.75) is 39.7 Å². The number of hydrogen-bond acceptors (Lipinski definition) is 5. The van der Waals surface area contributed by atoms with E-state index in [4.69, 9.17) is 14.2 Å². The molecule has 2 rings (SSSR count). The number of ether oxygens (including phenoxy) is 3. The van der Waals surface area contributed by atoms with E-state index in [1.165, 1.54) is 18.7 Å². The van der Waals surface area contributed by atoms with Gasteiger partial charge in [0.25, 0.3) is 5.91 Å². The molecule has 0 radical (unpaired) electrons. The molecule has 0 saturated heterocycles. The van der Waals surface area contributed by atoms with E-state index in [9.17, 15) is 9.59 Å². The van der Waals surface area contributed by atoms with Gasteiger partial charge in [-0.3, -0.25) is 4.79 Å². The predicted molar refractivity (Wildman–Crippen MR) is 108 cm³/mol. The van der Waals surface area contributed by atoms with Gasteiger partial charge in [0.05, 0.1) is 18.8 Å². The Labute approximate surface area is 165 Å². The van der Waals surface area contributed by atoms with Crippen LogP contribution in [0.2, 0.25) is 0 Å². The van der Waals surface area contributed by atoms with Gasteiger partial charge in [-0.2, -0.15) is 0 Å². The van der Waals surface area contributed by atoms with Gasteiger partial charge in [0.2, 0.25) is 0 Å². The number of benzene rings is 2. The fourth-order valence-electron chi connectivity index (χ4n) is 2.51. The fraction of sp³-hybridized carbons (Fsp3) is 0.364. The second kappa shape index (κ2) is 9.78. The van der Waals surface area contributed by atoms with Crippen LogP contribution in [0.1, 0.15) is 49.5 Å². The average molecular weight is 385 g/mol. The third kappa shape index (κ3) is 6.01. The molecule has 0 fully saturated rings. The zero-order chi connectivity index (χ0) is 20.7. The summed E-state index contributed by atoms with van der Waals surface area (Å²) in [6, 6.07) is 12.3. The molecular weight excluding hydrogens is 358 g/mol. The molecule has 0 bridgehead atoms. The SMILES string of the molecule is COc1cc(C(=O)OCC(=O)Nc2ccc(C(C)C)cc2)ccc1OC(C)C. The van der Waals surface area contributed by atoms with Gasteiger partial charge in [-0.1, -0.05) is 26.0 Å². The van der Waals surface area contributed by atoms with Crippen LogP contribution in [0.5, 0.6) is 11.5 Å². The van der Waals surface area contributed by atoms with Crippen molar-refractivity contribution in [3.63, 3.8) is 0 Å². The van der Waals surface area contributed by atoms with Crippen LogP contribution in [0.15, 0.2) is 42.5 Å². The van der Waals surface area contributed by atoms with Crippen LogP contribution in [0.4, 0.5) is 5.69 Å². The second-order valence-corrected chi connectivity index (χ2v) is 6.93. The van der Waals surface area contributed by atoms with Crippen molar-refractivity contribution >= 4 is 17.6 Å². The smallest absolute Gasteiger partial charge is 0.338 e. The summed E-state index contributed by atoms with van der Waals surface area (Å²) in [5, 5.41) is 2.71. The number of amides is 1. The normalized spacial score (nSPS) is 10.7. The van der Waals surface area contributed by atoms with E-state index in [0.29, 0.717) is 23.1 Å². The third-order valence-corrected chi connectivity index (χ3v) is 3.96. The molecule has 150 valence electrons. The van der Waals surface area contributed by atoms with E-state index in [-0.39, 0.29) is 18.3 Å². The summed E-state index contributed by atoms with van der Waals surface area (Å²) in [6.07, 6.45) is -0.0231. The maximum atomic E-state index is 12.2. The lowest BCUT2D eigenvalue weighted by atomic mass is 10.0. The predicted octanol–water partition coefficient (Wildman–Crippen LogP) is 4.40. The number of methoxy groups -OCH3 is 1. The van der Waals surface area contributed by atoms with Crippen molar-refractivity contribution in [2.75, 3.05) is 19.0 Å². The van der Waals surface area contributed by atoms with Crippen LogP contribution in [0.25, 0.3) is 0 Å². The molecule has 1 N–H and O–H groups in total. The summed E-state index contributed by atoms with van der Waals surface area (Å²) < 4.78 is 16.0. The Morgan fingerprint density at radius 2 is 1.64 bits per heavy atom. The van der Waals surface area contributed by atoms with Crippen molar-refractivity contribution in [2.24, 2.45) is 0 Å². The number of esters is 1. The van der Waals surface area contributed by atoms with Crippen LogP contribution in [0.3, 0.4) is 0 Å². The maximum Gasteiger partial charge on any atom is 0.338 e. The van der Waals surface area contributed by atoms with Crippen LogP contribution in [0, 0.1) is 0 Å². The molecule has 0 heterocycles. The minimum absolute atomic E-state index is 0.0231. The Bertz CT molecular complexity index is 812. The molecule has 6 nitrogen and oxygen atoms in total. The number of anilines is 1. The van der Waals surface area contributed by atoms with Gasteiger partial charge in [-0.25, -0.2) is 4.79 Å². The molecule has 0 spiro atoms. The molecular formula is C22H27NO5. The van der Waals surface area contributed by atoms with Crippen LogP contribution in [-0.4, -0.2) is 31.7 Å². The number of rotatable bonds is 8. The number of hydrogen-bond donors (Lipinski definition) is 1. The highest BCUT2D eigenvalue weighted by atomic mass is 16.5. The Morgan fingerprint density at radius 1 is 0.964 bits per heavy atom. The van der Waals surface area contributed by atoms with Gasteiger partial charge < -0.3 is 19.5 Å². The highest BCUT2D eigenvalue weighted by Crippen LogP contribution is 2.29. The lowest BCUT2D eigenvalue weighted by molar-refractivity contribution is -0.119. The van der Waals surface area contributed by atoms with Crippen molar-refractivity contribution < 1.29 is 23.8 Å². The minimum Gasteiger partial charge on any atom is -0.493 e. The van der Waals surface area contributed by atoms with E-state index in [2.05, 4.69) is 19.2 Å². The van der Waals surface area contributed by atoms with E-state index in [0.717, 1.165) is 0 Å². The van der Waals surface area contributed by atoms with Crippen LogP contribution < -0.4 is 14.8 Å². The van der Waals surface area contributed by atoms with Crippen molar-refractivity contribution in [3.8, 4) is 11.5 Å². The molecule has 0 aromatic heterocycles. The second-order valence-electron chi connectivity index (χ2n) is 6.93. The molecule has 0 unspecified atom stereocenters. The Balaban J connectivity index is 1.93. The monoisotopic (exact) mass is 385 g/mol. The zero-order valence-electron chi connectivity index (χ0n) is 16.9. The summed E-state index contributed by atoms with van der Waals surface area (Å²) in [6.45, 7) is 7.62. The summed E-state index contributed by atoms with van der Waals surface area (Å²) in [7, 11) is 1.50. The Morgan fingerprint density at radius 3 is 2.21 bits per heavy atom. The number of nitrogens with one attached hydrogen (secondary N) is 1. The number of carbonyl (C=O) groups excluding carboxylic acids is 2. The van der Waals surface area contributed by atoms with E-state index >= 15 is 0 Å². The Hall–Kier alpha value is -3.02. The topological polar surface area (TPSA) is 73.9 Å². The zero-order valence-corrected chi connectivity index (χ0v) is 16.9. The first kappa shape index (κ1) is 21.3. The molecule has 0 aliphatic carbocycles. The standard InChI is InChI=1S/C22H27NO5/c1-14(2)16-6-9-18(10-7-16)23-21(24)13-27-22(25)17-8-11-19(28-15(3)4)20(12-17)26-5/h6-12,14-15H,13H2,1-5H3,(H,23,24). The highest BCUT2D eigenvalue weighted by Gasteiger charge is 2.15. The van der Waals surface area contributed by atoms with Gasteiger partial charge >= 0.3 is 5.97 Å². The van der Waals surface area contributed by atoms with Gasteiger partial charge in [-0.05, 0) is 55.7 Å². The quantitative estimate of drug-likeness (QED) is 0.682. The molecule has 0 atom stereocenters. The highest BCUT2D eigenvalue weighted by molar-refractivity contribution is 5.95. The molecule has 2 aromatic rings. The van der Waals surface area contributed by atoms with Gasteiger partial charge in [0.1, 0.15) is 0 Å². The maximum absolute atomic E-state index is 12.2. The molecule has 0 aliphatic rings. The molecule has 28 heavy (non-hydrogen) atoms.